The fourth-order valence-electron chi connectivity index (χ4n) is 4.82. The molecule has 0 radical (unpaired) electrons. The van der Waals surface area contributed by atoms with Crippen LogP contribution in [-0.4, -0.2) is 39.8 Å². The normalized spacial score (nSPS) is 29.1. The summed E-state index contributed by atoms with van der Waals surface area (Å²) in [7, 11) is 0. The summed E-state index contributed by atoms with van der Waals surface area (Å²) < 4.78 is 6.60. The van der Waals surface area contributed by atoms with E-state index in [9.17, 15) is 4.79 Å². The van der Waals surface area contributed by atoms with Gasteiger partial charge < -0.3 is 15.0 Å². The molecule has 2 rings (SSSR count). The lowest BCUT2D eigenvalue weighted by molar-refractivity contribution is -0.171. The molecule has 1 amide bonds. The monoisotopic (exact) mass is 296 g/mol. The van der Waals surface area contributed by atoms with Crippen molar-refractivity contribution in [3.8, 4) is 0 Å². The number of nitrogens with zero attached hydrogens (tertiary/aromatic N) is 1. The Hall–Kier alpha value is -0.610. The molecule has 0 unspecified atom stereocenters. The molecule has 122 valence electrons. The van der Waals surface area contributed by atoms with Crippen LogP contribution in [0.25, 0.3) is 0 Å². The smallest absolute Gasteiger partial charge is 0.257 e. The minimum Gasteiger partial charge on any atom is -0.339 e. The average molecular weight is 296 g/mol. The summed E-state index contributed by atoms with van der Waals surface area (Å²) in [5, 5.41) is 3.65. The van der Waals surface area contributed by atoms with Gasteiger partial charge in [-0.05, 0) is 47.5 Å². The molecule has 2 heterocycles. The van der Waals surface area contributed by atoms with Gasteiger partial charge in [0, 0.05) is 30.5 Å². The van der Waals surface area contributed by atoms with E-state index in [0.29, 0.717) is 0 Å². The Bertz CT molecular complexity index is 409. The second-order valence-electron chi connectivity index (χ2n) is 8.05. The van der Waals surface area contributed by atoms with Gasteiger partial charge in [0.25, 0.3) is 5.91 Å². The minimum absolute atomic E-state index is 0.103. The summed E-state index contributed by atoms with van der Waals surface area (Å²) in [5.41, 5.74) is -1.29. The van der Waals surface area contributed by atoms with Gasteiger partial charge >= 0.3 is 0 Å². The fraction of sp³-hybridized carbons (Fsp3) is 0.941. The van der Waals surface area contributed by atoms with Crippen LogP contribution in [0.3, 0.4) is 0 Å². The van der Waals surface area contributed by atoms with E-state index in [0.717, 1.165) is 32.2 Å². The lowest BCUT2D eigenvalue weighted by Gasteiger charge is -2.50. The summed E-state index contributed by atoms with van der Waals surface area (Å²) in [6.45, 7) is 15.7. The third-order valence-electron chi connectivity index (χ3n) is 5.07. The van der Waals surface area contributed by atoms with Crippen molar-refractivity contribution in [2.45, 2.75) is 96.6 Å². The van der Waals surface area contributed by atoms with Crippen molar-refractivity contribution in [3.05, 3.63) is 0 Å². The molecule has 0 bridgehead atoms. The first-order chi connectivity index (χ1) is 9.55. The van der Waals surface area contributed by atoms with Gasteiger partial charge in [-0.2, -0.15) is 0 Å². The standard InChI is InChI=1S/C17H32N2O2/c1-8-17(9-2)19(10-3)13(20)16(21-17)11-14(4,5)18-15(6,7)12-16/h18H,8-12H2,1-7H3. The van der Waals surface area contributed by atoms with Gasteiger partial charge in [-0.25, -0.2) is 0 Å². The first-order valence-electron chi connectivity index (χ1n) is 8.37. The predicted molar refractivity (Wildman–Crippen MR) is 85.0 cm³/mol. The van der Waals surface area contributed by atoms with E-state index in [2.05, 4.69) is 53.8 Å². The van der Waals surface area contributed by atoms with Crippen molar-refractivity contribution in [3.63, 3.8) is 0 Å². The fourth-order valence-corrected chi connectivity index (χ4v) is 4.82. The molecule has 4 heteroatoms. The van der Waals surface area contributed by atoms with Crippen LogP contribution in [0.2, 0.25) is 0 Å². The maximum Gasteiger partial charge on any atom is 0.257 e. The highest BCUT2D eigenvalue weighted by molar-refractivity contribution is 5.88. The Balaban J connectivity index is 2.45. The quantitative estimate of drug-likeness (QED) is 0.870. The zero-order chi connectivity index (χ0) is 16.1. The molecule has 0 atom stereocenters. The number of carbonyl (C=O) groups is 1. The highest BCUT2D eigenvalue weighted by Gasteiger charge is 2.63. The molecule has 0 aromatic heterocycles. The molecule has 2 fully saturated rings. The highest BCUT2D eigenvalue weighted by atomic mass is 16.6. The van der Waals surface area contributed by atoms with Crippen molar-refractivity contribution in [1.29, 1.82) is 0 Å². The van der Waals surface area contributed by atoms with Crippen LogP contribution in [0.15, 0.2) is 0 Å². The van der Waals surface area contributed by atoms with Crippen LogP contribution in [0.1, 0.15) is 74.1 Å². The molecule has 2 aliphatic heterocycles. The molecule has 4 nitrogen and oxygen atoms in total. The molecule has 0 aromatic carbocycles. The number of hydrogen-bond donors (Lipinski definition) is 1. The summed E-state index contributed by atoms with van der Waals surface area (Å²) in [4.78, 5) is 15.2. The molecule has 2 aliphatic rings. The molecular weight excluding hydrogens is 264 g/mol. The second kappa shape index (κ2) is 4.95. The molecule has 21 heavy (non-hydrogen) atoms. The lowest BCUT2D eigenvalue weighted by Crippen LogP contribution is -2.65. The zero-order valence-electron chi connectivity index (χ0n) is 14.8. The van der Waals surface area contributed by atoms with Crippen LogP contribution in [-0.2, 0) is 9.53 Å². The van der Waals surface area contributed by atoms with Crippen LogP contribution in [0, 0.1) is 0 Å². The van der Waals surface area contributed by atoms with Crippen molar-refractivity contribution < 1.29 is 9.53 Å². The maximum absolute atomic E-state index is 13.2. The Kier molecular flexibility index (Phi) is 3.95. The van der Waals surface area contributed by atoms with E-state index in [1.165, 1.54) is 0 Å². The molecule has 1 N–H and O–H groups in total. The number of carbonyl (C=O) groups excluding carboxylic acids is 1. The van der Waals surface area contributed by atoms with E-state index in [4.69, 9.17) is 4.74 Å². The summed E-state index contributed by atoms with van der Waals surface area (Å²) in [6, 6.07) is 0. The van der Waals surface area contributed by atoms with Gasteiger partial charge in [0.2, 0.25) is 0 Å². The number of hydrogen-bond acceptors (Lipinski definition) is 3. The van der Waals surface area contributed by atoms with Crippen molar-refractivity contribution in [2.75, 3.05) is 6.54 Å². The number of likely N-dealkylation sites (N-methyl/N-ethyl adjacent to an activating group) is 1. The molecule has 0 saturated carbocycles. The van der Waals surface area contributed by atoms with Gasteiger partial charge in [0.15, 0.2) is 5.60 Å². The number of amides is 1. The third-order valence-corrected chi connectivity index (χ3v) is 5.07. The van der Waals surface area contributed by atoms with E-state index in [1.807, 2.05) is 4.90 Å². The molecule has 2 saturated heterocycles. The van der Waals surface area contributed by atoms with Gasteiger partial charge in [-0.3, -0.25) is 4.79 Å². The molecular formula is C17H32N2O2. The second-order valence-corrected chi connectivity index (χ2v) is 8.05. The first-order valence-corrected chi connectivity index (χ1v) is 8.37. The lowest BCUT2D eigenvalue weighted by atomic mass is 9.72. The Morgan fingerprint density at radius 2 is 1.52 bits per heavy atom. The average Bonchev–Trinajstić information content (AvgIpc) is 2.55. The first kappa shape index (κ1) is 16.8. The molecule has 0 aliphatic carbocycles. The van der Waals surface area contributed by atoms with Crippen LogP contribution >= 0.6 is 0 Å². The number of ether oxygens (including phenoxy) is 1. The van der Waals surface area contributed by atoms with E-state index >= 15 is 0 Å². The summed E-state index contributed by atoms with van der Waals surface area (Å²) in [6.07, 6.45) is 3.17. The van der Waals surface area contributed by atoms with Crippen molar-refractivity contribution in [2.24, 2.45) is 0 Å². The topological polar surface area (TPSA) is 41.6 Å². The summed E-state index contributed by atoms with van der Waals surface area (Å²) >= 11 is 0. The van der Waals surface area contributed by atoms with Crippen molar-refractivity contribution >= 4 is 5.91 Å². The molecule has 0 aromatic rings. The Morgan fingerprint density at radius 1 is 1.05 bits per heavy atom. The van der Waals surface area contributed by atoms with Gasteiger partial charge in [0.1, 0.15) is 5.72 Å². The van der Waals surface area contributed by atoms with E-state index in [1.54, 1.807) is 0 Å². The number of nitrogens with one attached hydrogen (secondary N) is 1. The van der Waals surface area contributed by atoms with Crippen molar-refractivity contribution in [1.82, 2.24) is 10.2 Å². The van der Waals surface area contributed by atoms with Gasteiger partial charge in [0.05, 0.1) is 0 Å². The maximum atomic E-state index is 13.2. The highest BCUT2D eigenvalue weighted by Crippen LogP contribution is 2.49. The largest absolute Gasteiger partial charge is 0.339 e. The third kappa shape index (κ3) is 2.61. The van der Waals surface area contributed by atoms with E-state index in [-0.39, 0.29) is 17.0 Å². The molecule has 1 spiro atoms. The Labute approximate surface area is 129 Å². The van der Waals surface area contributed by atoms with E-state index < -0.39 is 11.3 Å². The number of piperidine rings is 1. The number of rotatable bonds is 3. The van der Waals surface area contributed by atoms with Crippen LogP contribution < -0.4 is 5.32 Å². The van der Waals surface area contributed by atoms with Gasteiger partial charge in [-0.1, -0.05) is 13.8 Å². The van der Waals surface area contributed by atoms with Crippen LogP contribution in [0.4, 0.5) is 0 Å². The minimum atomic E-state index is -0.666. The summed E-state index contributed by atoms with van der Waals surface area (Å²) in [5.74, 6) is 0.191. The van der Waals surface area contributed by atoms with Gasteiger partial charge in [-0.15, -0.1) is 0 Å². The Morgan fingerprint density at radius 3 is 1.86 bits per heavy atom. The SMILES string of the molecule is CCN1C(=O)C2(CC(C)(C)NC(C)(C)C2)OC1(CC)CC. The van der Waals surface area contributed by atoms with Crippen LogP contribution in [0.5, 0.6) is 0 Å². The predicted octanol–water partition coefficient (Wildman–Crippen LogP) is 3.06. The zero-order valence-corrected chi connectivity index (χ0v) is 14.8.